The van der Waals surface area contributed by atoms with Gasteiger partial charge in [0.05, 0.1) is 48.0 Å². The zero-order valence-electron chi connectivity index (χ0n) is 20.6. The number of methoxy groups -OCH3 is 2. The molecule has 3 aromatic carbocycles. The number of nitrogens with zero attached hydrogens (tertiary/aromatic N) is 2. The first-order valence-corrected chi connectivity index (χ1v) is 12.6. The van der Waals surface area contributed by atoms with Crippen molar-refractivity contribution in [2.45, 2.75) is 11.4 Å². The number of sulfonamides is 1. The van der Waals surface area contributed by atoms with Crippen LogP contribution in [0.15, 0.2) is 65.6 Å². The van der Waals surface area contributed by atoms with Gasteiger partial charge in [0.2, 0.25) is 10.0 Å². The number of hydrogen-bond acceptors (Lipinski definition) is 7. The number of carbonyl (C=O) groups excluding carboxylic acids is 3. The van der Waals surface area contributed by atoms with Crippen molar-refractivity contribution < 1.29 is 32.3 Å². The van der Waals surface area contributed by atoms with Gasteiger partial charge < -0.3 is 14.8 Å². The Balaban J connectivity index is 1.64. The lowest BCUT2D eigenvalue weighted by Crippen LogP contribution is -2.29. The van der Waals surface area contributed by atoms with E-state index in [2.05, 4.69) is 5.32 Å². The van der Waals surface area contributed by atoms with Crippen molar-refractivity contribution in [1.29, 1.82) is 0 Å². The third-order valence-corrected chi connectivity index (χ3v) is 7.74. The second kappa shape index (κ2) is 10.0. The minimum absolute atomic E-state index is 0.0278. The highest BCUT2D eigenvalue weighted by molar-refractivity contribution is 7.89. The molecule has 192 valence electrons. The minimum Gasteiger partial charge on any atom is -0.496 e. The van der Waals surface area contributed by atoms with E-state index < -0.39 is 27.7 Å². The van der Waals surface area contributed by atoms with Crippen LogP contribution in [0.1, 0.15) is 36.6 Å². The van der Waals surface area contributed by atoms with Gasteiger partial charge in [0.1, 0.15) is 11.5 Å². The zero-order chi connectivity index (χ0) is 26.9. The van der Waals surface area contributed by atoms with Crippen molar-refractivity contribution in [2.24, 2.45) is 0 Å². The van der Waals surface area contributed by atoms with Crippen LogP contribution in [0.25, 0.3) is 0 Å². The first kappa shape index (κ1) is 25.9. The Morgan fingerprint density at radius 2 is 1.49 bits per heavy atom. The number of benzene rings is 3. The number of rotatable bonds is 8. The number of carbonyl (C=O) groups is 3. The fraction of sp³-hybridized carbons (Fsp3) is 0.192. The highest BCUT2D eigenvalue weighted by Gasteiger charge is 2.35. The summed E-state index contributed by atoms with van der Waals surface area (Å²) in [4.78, 5) is 39.9. The molecular weight excluding hydrogens is 498 g/mol. The van der Waals surface area contributed by atoms with E-state index in [9.17, 15) is 22.8 Å². The summed E-state index contributed by atoms with van der Waals surface area (Å²) in [5, 5.41) is 2.68. The smallest absolute Gasteiger partial charge is 0.261 e. The molecule has 0 aliphatic carbocycles. The van der Waals surface area contributed by atoms with Crippen LogP contribution in [-0.4, -0.2) is 63.7 Å². The average Bonchev–Trinajstić information content (AvgIpc) is 3.13. The molecule has 10 nitrogen and oxygen atoms in total. The predicted octanol–water partition coefficient (Wildman–Crippen LogP) is 3.00. The van der Waals surface area contributed by atoms with Crippen molar-refractivity contribution in [1.82, 2.24) is 9.21 Å². The van der Waals surface area contributed by atoms with Crippen LogP contribution in [0.2, 0.25) is 0 Å². The molecule has 0 spiro atoms. The molecule has 0 fully saturated rings. The predicted molar refractivity (Wildman–Crippen MR) is 135 cm³/mol. The van der Waals surface area contributed by atoms with Crippen molar-refractivity contribution >= 4 is 33.4 Å². The van der Waals surface area contributed by atoms with Crippen molar-refractivity contribution in [2.75, 3.05) is 33.6 Å². The SMILES string of the molecule is COc1ccc(S(=O)(=O)N(C)C)cc1NC(=O)c1cc(CN2C(=O)c3ccccc3C2=O)ccc1OC. The molecule has 0 saturated heterocycles. The van der Waals surface area contributed by atoms with E-state index in [1.807, 2.05) is 0 Å². The Labute approximate surface area is 214 Å². The van der Waals surface area contributed by atoms with Crippen LogP contribution in [-0.2, 0) is 16.6 Å². The first-order chi connectivity index (χ1) is 17.6. The standard InChI is InChI=1S/C26H25N3O7S/c1-28(2)37(33,34)17-10-12-23(36-4)21(14-17)27-24(30)20-13-16(9-11-22(20)35-3)15-29-25(31)18-7-5-6-8-19(18)26(29)32/h5-14H,15H2,1-4H3,(H,27,30). The van der Waals surface area contributed by atoms with E-state index in [1.54, 1.807) is 36.4 Å². The lowest BCUT2D eigenvalue weighted by Gasteiger charge is -2.17. The number of imide groups is 1. The molecule has 11 heteroatoms. The summed E-state index contributed by atoms with van der Waals surface area (Å²) in [5.41, 5.74) is 1.45. The van der Waals surface area contributed by atoms with E-state index in [-0.39, 0.29) is 34.2 Å². The summed E-state index contributed by atoms with van der Waals surface area (Å²) < 4.78 is 36.9. The minimum atomic E-state index is -3.76. The summed E-state index contributed by atoms with van der Waals surface area (Å²) in [7, 11) is 1.85. The van der Waals surface area contributed by atoms with Gasteiger partial charge in [0.15, 0.2) is 0 Å². The van der Waals surface area contributed by atoms with E-state index in [0.717, 1.165) is 9.21 Å². The van der Waals surface area contributed by atoms with Crippen molar-refractivity contribution in [3.8, 4) is 11.5 Å². The highest BCUT2D eigenvalue weighted by Crippen LogP contribution is 2.31. The Morgan fingerprint density at radius 1 is 0.892 bits per heavy atom. The molecule has 0 saturated carbocycles. The lowest BCUT2D eigenvalue weighted by molar-refractivity contribution is 0.0642. The third-order valence-electron chi connectivity index (χ3n) is 5.93. The van der Waals surface area contributed by atoms with Gasteiger partial charge in [-0.15, -0.1) is 0 Å². The van der Waals surface area contributed by atoms with Gasteiger partial charge in [-0.1, -0.05) is 18.2 Å². The molecule has 0 aromatic heterocycles. The Kier molecular flexibility index (Phi) is 7.01. The van der Waals surface area contributed by atoms with Crippen LogP contribution in [0.4, 0.5) is 5.69 Å². The molecule has 37 heavy (non-hydrogen) atoms. The van der Waals surface area contributed by atoms with E-state index >= 15 is 0 Å². The molecule has 1 heterocycles. The van der Waals surface area contributed by atoms with E-state index in [0.29, 0.717) is 16.7 Å². The summed E-state index contributed by atoms with van der Waals surface area (Å²) in [6.45, 7) is -0.0451. The molecule has 0 radical (unpaired) electrons. The summed E-state index contributed by atoms with van der Waals surface area (Å²) >= 11 is 0. The van der Waals surface area contributed by atoms with Crippen LogP contribution >= 0.6 is 0 Å². The van der Waals surface area contributed by atoms with Crippen molar-refractivity contribution in [3.05, 3.63) is 82.9 Å². The average molecular weight is 524 g/mol. The fourth-order valence-corrected chi connectivity index (χ4v) is 4.87. The molecule has 3 amide bonds. The normalized spacial score (nSPS) is 13.1. The van der Waals surface area contributed by atoms with Crippen LogP contribution in [0, 0.1) is 0 Å². The number of nitrogens with one attached hydrogen (secondary N) is 1. The third kappa shape index (κ3) is 4.78. The number of amides is 3. The lowest BCUT2D eigenvalue weighted by atomic mass is 10.1. The molecule has 1 N–H and O–H groups in total. The Bertz CT molecular complexity index is 1480. The number of ether oxygens (including phenoxy) is 2. The van der Waals surface area contributed by atoms with Gasteiger partial charge in [-0.3, -0.25) is 19.3 Å². The second-order valence-corrected chi connectivity index (χ2v) is 10.5. The Hall–Kier alpha value is -4.22. The summed E-state index contributed by atoms with van der Waals surface area (Å²) in [6, 6.07) is 15.4. The topological polar surface area (TPSA) is 122 Å². The van der Waals surface area contributed by atoms with Gasteiger partial charge in [0.25, 0.3) is 17.7 Å². The quantitative estimate of drug-likeness (QED) is 0.451. The fourth-order valence-electron chi connectivity index (χ4n) is 3.94. The van der Waals surface area contributed by atoms with Crippen LogP contribution < -0.4 is 14.8 Å². The van der Waals surface area contributed by atoms with E-state index in [4.69, 9.17) is 9.47 Å². The molecular formula is C26H25N3O7S. The number of fused-ring (bicyclic) bond motifs is 1. The summed E-state index contributed by atoms with van der Waals surface area (Å²) in [6.07, 6.45) is 0. The van der Waals surface area contributed by atoms with Gasteiger partial charge in [-0.05, 0) is 48.0 Å². The molecule has 0 bridgehead atoms. The summed E-state index contributed by atoms with van der Waals surface area (Å²) in [5.74, 6) is -0.914. The van der Waals surface area contributed by atoms with E-state index in [1.165, 1.54) is 52.6 Å². The molecule has 4 rings (SSSR count). The molecule has 1 aliphatic heterocycles. The maximum Gasteiger partial charge on any atom is 0.261 e. The number of hydrogen-bond donors (Lipinski definition) is 1. The largest absolute Gasteiger partial charge is 0.496 e. The van der Waals surface area contributed by atoms with Gasteiger partial charge in [-0.2, -0.15) is 0 Å². The number of anilines is 1. The molecule has 3 aromatic rings. The van der Waals surface area contributed by atoms with Gasteiger partial charge >= 0.3 is 0 Å². The monoisotopic (exact) mass is 523 g/mol. The van der Waals surface area contributed by atoms with Crippen molar-refractivity contribution in [3.63, 3.8) is 0 Å². The molecule has 0 atom stereocenters. The Morgan fingerprint density at radius 3 is 2.05 bits per heavy atom. The maximum absolute atomic E-state index is 13.3. The zero-order valence-corrected chi connectivity index (χ0v) is 21.5. The molecule has 1 aliphatic rings. The van der Waals surface area contributed by atoms with Crippen LogP contribution in [0.5, 0.6) is 11.5 Å². The van der Waals surface area contributed by atoms with Gasteiger partial charge in [0, 0.05) is 14.1 Å². The maximum atomic E-state index is 13.3. The van der Waals surface area contributed by atoms with Crippen LogP contribution in [0.3, 0.4) is 0 Å². The first-order valence-electron chi connectivity index (χ1n) is 11.1. The molecule has 0 unspecified atom stereocenters. The highest BCUT2D eigenvalue weighted by atomic mass is 32.2. The second-order valence-electron chi connectivity index (χ2n) is 8.38. The van der Waals surface area contributed by atoms with Gasteiger partial charge in [-0.25, -0.2) is 12.7 Å².